The molecule has 1 atom stereocenters. The summed E-state index contributed by atoms with van der Waals surface area (Å²) in [4.78, 5) is 0. The lowest BCUT2D eigenvalue weighted by Crippen LogP contribution is -2.25. The summed E-state index contributed by atoms with van der Waals surface area (Å²) in [5, 5.41) is 8.50. The molecule has 0 amide bonds. The quantitative estimate of drug-likeness (QED) is 0.804. The Morgan fingerprint density at radius 3 is 2.80 bits per heavy atom. The van der Waals surface area contributed by atoms with Gasteiger partial charge >= 0.3 is 0 Å². The van der Waals surface area contributed by atoms with E-state index in [0.29, 0.717) is 11.5 Å². The molecule has 0 bridgehead atoms. The van der Waals surface area contributed by atoms with Gasteiger partial charge in [-0.2, -0.15) is 5.26 Å². The summed E-state index contributed by atoms with van der Waals surface area (Å²) in [7, 11) is 1.58. The van der Waals surface area contributed by atoms with Gasteiger partial charge in [-0.15, -0.1) is 0 Å². The zero-order valence-corrected chi connectivity index (χ0v) is 8.86. The Balaban J connectivity index is 2.73. The molecule has 15 heavy (non-hydrogen) atoms. The van der Waals surface area contributed by atoms with Crippen molar-refractivity contribution >= 4 is 0 Å². The number of nitrogens with zero attached hydrogens (tertiary/aromatic N) is 1. The second kappa shape index (κ2) is 5.23. The monoisotopic (exact) mass is 206 g/mol. The molecular weight excluding hydrogens is 192 g/mol. The van der Waals surface area contributed by atoms with Crippen LogP contribution in [-0.4, -0.2) is 19.8 Å². The van der Waals surface area contributed by atoms with Gasteiger partial charge < -0.3 is 15.2 Å². The lowest BCUT2D eigenvalue weighted by atomic mass is 10.2. The van der Waals surface area contributed by atoms with E-state index in [2.05, 4.69) is 0 Å². The zero-order chi connectivity index (χ0) is 11.3. The van der Waals surface area contributed by atoms with E-state index in [1.807, 2.05) is 25.1 Å². The van der Waals surface area contributed by atoms with Crippen LogP contribution in [0.5, 0.6) is 11.5 Å². The minimum Gasteiger partial charge on any atom is -0.493 e. The van der Waals surface area contributed by atoms with E-state index in [9.17, 15) is 0 Å². The third-order valence-corrected chi connectivity index (χ3v) is 1.90. The molecule has 0 aliphatic carbocycles. The van der Waals surface area contributed by atoms with E-state index < -0.39 is 6.04 Å². The fourth-order valence-corrected chi connectivity index (χ4v) is 1.11. The molecule has 2 N–H and O–H groups in total. The first-order chi connectivity index (χ1) is 7.17. The Morgan fingerprint density at radius 2 is 2.20 bits per heavy atom. The molecule has 0 spiro atoms. The first-order valence-corrected chi connectivity index (χ1v) is 4.60. The number of rotatable bonds is 4. The highest BCUT2D eigenvalue weighted by Crippen LogP contribution is 2.27. The van der Waals surface area contributed by atoms with Gasteiger partial charge in [0.2, 0.25) is 0 Å². The van der Waals surface area contributed by atoms with Gasteiger partial charge in [0, 0.05) is 0 Å². The maximum absolute atomic E-state index is 8.50. The van der Waals surface area contributed by atoms with E-state index in [4.69, 9.17) is 20.5 Å². The SMILES string of the molecule is COc1cc(C)ccc1OCC(N)C#N. The first kappa shape index (κ1) is 11.3. The maximum atomic E-state index is 8.50. The maximum Gasteiger partial charge on any atom is 0.161 e. The number of nitrogens with two attached hydrogens (primary N) is 1. The average molecular weight is 206 g/mol. The van der Waals surface area contributed by atoms with E-state index in [0.717, 1.165) is 5.56 Å². The van der Waals surface area contributed by atoms with Crippen molar-refractivity contribution < 1.29 is 9.47 Å². The van der Waals surface area contributed by atoms with Gasteiger partial charge in [-0.1, -0.05) is 6.07 Å². The second-order valence-corrected chi connectivity index (χ2v) is 3.20. The van der Waals surface area contributed by atoms with E-state index >= 15 is 0 Å². The zero-order valence-electron chi connectivity index (χ0n) is 8.86. The second-order valence-electron chi connectivity index (χ2n) is 3.20. The minimum absolute atomic E-state index is 0.163. The topological polar surface area (TPSA) is 68.3 Å². The molecule has 1 aromatic carbocycles. The van der Waals surface area contributed by atoms with Crippen molar-refractivity contribution in [3.05, 3.63) is 23.8 Å². The number of hydrogen-bond donors (Lipinski definition) is 1. The molecule has 0 saturated heterocycles. The van der Waals surface area contributed by atoms with Crippen molar-refractivity contribution in [2.24, 2.45) is 5.73 Å². The molecule has 0 heterocycles. The molecule has 0 aromatic heterocycles. The van der Waals surface area contributed by atoms with Crippen LogP contribution in [0.1, 0.15) is 5.56 Å². The average Bonchev–Trinajstić information content (AvgIpc) is 2.26. The van der Waals surface area contributed by atoms with Crippen molar-refractivity contribution in [1.82, 2.24) is 0 Å². The van der Waals surface area contributed by atoms with E-state index in [1.54, 1.807) is 13.2 Å². The van der Waals surface area contributed by atoms with Crippen molar-refractivity contribution in [2.75, 3.05) is 13.7 Å². The van der Waals surface area contributed by atoms with Crippen LogP contribution in [-0.2, 0) is 0 Å². The summed E-state index contributed by atoms with van der Waals surface area (Å²) in [5.74, 6) is 1.26. The van der Waals surface area contributed by atoms with Crippen LogP contribution in [0.15, 0.2) is 18.2 Å². The molecule has 80 valence electrons. The van der Waals surface area contributed by atoms with Crippen molar-refractivity contribution in [2.45, 2.75) is 13.0 Å². The highest BCUT2D eigenvalue weighted by molar-refractivity contribution is 5.42. The Morgan fingerprint density at radius 1 is 1.47 bits per heavy atom. The fraction of sp³-hybridized carbons (Fsp3) is 0.364. The summed E-state index contributed by atoms with van der Waals surface area (Å²) < 4.78 is 10.5. The van der Waals surface area contributed by atoms with Crippen LogP contribution < -0.4 is 15.2 Å². The number of nitriles is 1. The van der Waals surface area contributed by atoms with Gasteiger partial charge in [-0.3, -0.25) is 0 Å². The number of aryl methyl sites for hydroxylation is 1. The predicted molar refractivity (Wildman–Crippen MR) is 56.8 cm³/mol. The predicted octanol–water partition coefficient (Wildman–Crippen LogP) is 1.23. The van der Waals surface area contributed by atoms with E-state index in [-0.39, 0.29) is 6.61 Å². The number of ether oxygens (including phenoxy) is 2. The molecule has 0 fully saturated rings. The number of benzene rings is 1. The molecule has 4 heteroatoms. The lowest BCUT2D eigenvalue weighted by molar-refractivity contribution is 0.287. The van der Waals surface area contributed by atoms with Crippen LogP contribution in [0, 0.1) is 18.3 Å². The third kappa shape index (κ3) is 3.15. The Bertz CT molecular complexity index is 371. The van der Waals surface area contributed by atoms with Crippen molar-refractivity contribution in [3.63, 3.8) is 0 Å². The molecule has 0 aliphatic rings. The van der Waals surface area contributed by atoms with Gasteiger partial charge in [0.05, 0.1) is 13.2 Å². The van der Waals surface area contributed by atoms with Crippen molar-refractivity contribution in [1.29, 1.82) is 5.26 Å². The van der Waals surface area contributed by atoms with Crippen LogP contribution in [0.3, 0.4) is 0 Å². The molecule has 1 unspecified atom stereocenters. The fourth-order valence-electron chi connectivity index (χ4n) is 1.11. The molecule has 1 aromatic rings. The summed E-state index contributed by atoms with van der Waals surface area (Å²) in [6.45, 7) is 2.13. The van der Waals surface area contributed by atoms with Gasteiger partial charge in [0.1, 0.15) is 12.6 Å². The molecule has 0 saturated carbocycles. The Hall–Kier alpha value is -1.73. The molecular formula is C11H14N2O2. The highest BCUT2D eigenvalue weighted by Gasteiger charge is 2.06. The van der Waals surface area contributed by atoms with Crippen LogP contribution in [0.25, 0.3) is 0 Å². The largest absolute Gasteiger partial charge is 0.493 e. The van der Waals surface area contributed by atoms with Gasteiger partial charge in [0.15, 0.2) is 11.5 Å². The van der Waals surface area contributed by atoms with Crippen LogP contribution >= 0.6 is 0 Å². The minimum atomic E-state index is -0.615. The Labute approximate surface area is 89.2 Å². The highest BCUT2D eigenvalue weighted by atomic mass is 16.5. The molecule has 0 radical (unpaired) electrons. The summed E-state index contributed by atoms with van der Waals surface area (Å²) in [5.41, 5.74) is 6.50. The standard InChI is InChI=1S/C11H14N2O2/c1-8-3-4-10(11(5-8)14-2)15-7-9(13)6-12/h3-5,9H,7,13H2,1-2H3. The lowest BCUT2D eigenvalue weighted by Gasteiger charge is -2.11. The van der Waals surface area contributed by atoms with Gasteiger partial charge in [-0.05, 0) is 24.6 Å². The molecule has 0 aliphatic heterocycles. The van der Waals surface area contributed by atoms with Gasteiger partial charge in [0.25, 0.3) is 0 Å². The number of methoxy groups -OCH3 is 1. The number of hydrogen-bond acceptors (Lipinski definition) is 4. The third-order valence-electron chi connectivity index (χ3n) is 1.90. The molecule has 4 nitrogen and oxygen atoms in total. The summed E-state index contributed by atoms with van der Waals surface area (Å²) in [6, 6.07) is 6.87. The van der Waals surface area contributed by atoms with Crippen LogP contribution in [0.4, 0.5) is 0 Å². The summed E-state index contributed by atoms with van der Waals surface area (Å²) >= 11 is 0. The summed E-state index contributed by atoms with van der Waals surface area (Å²) in [6.07, 6.45) is 0. The molecule has 1 rings (SSSR count). The Kier molecular flexibility index (Phi) is 3.95. The first-order valence-electron chi connectivity index (χ1n) is 4.60. The van der Waals surface area contributed by atoms with Gasteiger partial charge in [-0.25, -0.2) is 0 Å². The smallest absolute Gasteiger partial charge is 0.161 e. The van der Waals surface area contributed by atoms with E-state index in [1.165, 1.54) is 0 Å². The van der Waals surface area contributed by atoms with Crippen LogP contribution in [0.2, 0.25) is 0 Å². The van der Waals surface area contributed by atoms with Crippen molar-refractivity contribution in [3.8, 4) is 17.6 Å². The normalized spacial score (nSPS) is 11.6.